The highest BCUT2D eigenvalue weighted by molar-refractivity contribution is 5.94. The topological polar surface area (TPSA) is 234 Å². The number of nitrogens with one attached hydrogen (secondary N) is 5. The van der Waals surface area contributed by atoms with Gasteiger partial charge in [0.2, 0.25) is 17.7 Å². The zero-order valence-corrected chi connectivity index (χ0v) is 21.1. The van der Waals surface area contributed by atoms with Crippen molar-refractivity contribution in [3.63, 3.8) is 0 Å². The molecule has 0 spiro atoms. The second kappa shape index (κ2) is 14.7. The maximum atomic E-state index is 13.3. The van der Waals surface area contributed by atoms with E-state index in [0.29, 0.717) is 30.8 Å². The van der Waals surface area contributed by atoms with Gasteiger partial charge in [0.1, 0.15) is 18.1 Å². The number of carboxylic acid groups (broad SMARTS) is 1. The minimum absolute atomic E-state index is 0.0326. The van der Waals surface area contributed by atoms with E-state index in [1.165, 1.54) is 18.9 Å². The fourth-order valence-electron chi connectivity index (χ4n) is 3.63. The number of carbonyl (C=O) groups is 4. The minimum atomic E-state index is -1.19. The van der Waals surface area contributed by atoms with Gasteiger partial charge < -0.3 is 42.5 Å². The Morgan fingerprint density at radius 3 is 1.97 bits per heavy atom. The van der Waals surface area contributed by atoms with E-state index in [1.807, 2.05) is 0 Å². The van der Waals surface area contributed by atoms with Gasteiger partial charge in [-0.25, -0.2) is 14.8 Å². The number of amides is 3. The molecule has 2 heterocycles. The van der Waals surface area contributed by atoms with Crippen LogP contribution in [0.3, 0.4) is 0 Å². The second-order valence-electron chi connectivity index (χ2n) is 9.14. The third-order valence-electron chi connectivity index (χ3n) is 5.75. The lowest BCUT2D eigenvalue weighted by molar-refractivity contribution is -0.143. The average Bonchev–Trinajstić information content (AvgIpc) is 3.55. The first-order valence-corrected chi connectivity index (χ1v) is 12.2. The molecule has 0 bridgehead atoms. The Morgan fingerprint density at radius 2 is 1.46 bits per heavy atom. The quantitative estimate of drug-likeness (QED) is 0.121. The predicted molar refractivity (Wildman–Crippen MR) is 134 cm³/mol. The Morgan fingerprint density at radius 1 is 0.892 bits per heavy atom. The normalized spacial score (nSPS) is 14.4. The number of aromatic nitrogens is 4. The smallest absolute Gasteiger partial charge is 0.326 e. The molecule has 10 N–H and O–H groups in total. The molecule has 0 aliphatic carbocycles. The molecule has 2 aromatic heterocycles. The lowest BCUT2D eigenvalue weighted by atomic mass is 10.0. The van der Waals surface area contributed by atoms with Gasteiger partial charge in [-0.3, -0.25) is 14.4 Å². The SMILES string of the molecule is CC(C)C(NC(=O)C(Cc1cnc[nH]1)NC(=O)C(CCCCN)NC(=O)C(N)Cc1cnc[nH]1)C(=O)O. The number of unbranched alkanes of at least 4 members (excludes halogenated alkanes) is 1. The van der Waals surface area contributed by atoms with Gasteiger partial charge in [-0.15, -0.1) is 0 Å². The first kappa shape index (κ1) is 29.5. The lowest BCUT2D eigenvalue weighted by Gasteiger charge is -2.26. The third-order valence-corrected chi connectivity index (χ3v) is 5.75. The average molecular weight is 520 g/mol. The van der Waals surface area contributed by atoms with Crippen LogP contribution in [-0.2, 0) is 32.0 Å². The zero-order valence-electron chi connectivity index (χ0n) is 21.1. The predicted octanol–water partition coefficient (Wildman–Crippen LogP) is -1.43. The van der Waals surface area contributed by atoms with Crippen LogP contribution in [0.5, 0.6) is 0 Å². The van der Waals surface area contributed by atoms with Gasteiger partial charge in [0, 0.05) is 36.6 Å². The maximum absolute atomic E-state index is 13.3. The molecule has 14 nitrogen and oxygen atoms in total. The van der Waals surface area contributed by atoms with Gasteiger partial charge >= 0.3 is 5.97 Å². The van der Waals surface area contributed by atoms with E-state index in [2.05, 4.69) is 35.9 Å². The molecule has 0 saturated heterocycles. The Balaban J connectivity index is 2.16. The van der Waals surface area contributed by atoms with Crippen LogP contribution in [0.25, 0.3) is 0 Å². The second-order valence-corrected chi connectivity index (χ2v) is 9.14. The summed E-state index contributed by atoms with van der Waals surface area (Å²) in [7, 11) is 0. The molecule has 4 atom stereocenters. The summed E-state index contributed by atoms with van der Waals surface area (Å²) in [6, 6.07) is -4.18. The van der Waals surface area contributed by atoms with Crippen molar-refractivity contribution in [3.8, 4) is 0 Å². The summed E-state index contributed by atoms with van der Waals surface area (Å²) < 4.78 is 0. The summed E-state index contributed by atoms with van der Waals surface area (Å²) in [4.78, 5) is 64.2. The standard InChI is InChI=1S/C23H37N9O5/c1-13(2)19(23(36)37)32-22(35)18(8-15-10-27-12-29-15)31-21(34)17(5-3-4-6-24)30-20(33)16(25)7-14-9-26-11-28-14/h9-13,16-19H,3-8,24-25H2,1-2H3,(H,26,28)(H,27,29)(H,30,33)(H,31,34)(H,32,35)(H,36,37). The molecule has 0 fully saturated rings. The molecule has 2 rings (SSSR count). The number of nitrogens with zero attached hydrogens (tertiary/aromatic N) is 2. The van der Waals surface area contributed by atoms with Crippen molar-refractivity contribution < 1.29 is 24.3 Å². The largest absolute Gasteiger partial charge is 0.480 e. The zero-order chi connectivity index (χ0) is 27.4. The summed E-state index contributed by atoms with van der Waals surface area (Å²) in [5, 5.41) is 17.3. The summed E-state index contributed by atoms with van der Waals surface area (Å²) in [5.74, 6) is -3.39. The van der Waals surface area contributed by atoms with Crippen molar-refractivity contribution in [1.82, 2.24) is 35.9 Å². The fraction of sp³-hybridized carbons (Fsp3) is 0.565. The number of rotatable bonds is 16. The van der Waals surface area contributed by atoms with E-state index in [9.17, 15) is 24.3 Å². The van der Waals surface area contributed by atoms with Crippen LogP contribution in [0.4, 0.5) is 0 Å². The Kier molecular flexibility index (Phi) is 11.7. The number of H-pyrrole nitrogens is 2. The molecule has 0 saturated carbocycles. The Labute approximate surface area is 214 Å². The number of hydrogen-bond donors (Lipinski definition) is 8. The van der Waals surface area contributed by atoms with Crippen molar-refractivity contribution in [3.05, 3.63) is 36.4 Å². The Hall–Kier alpha value is -3.78. The van der Waals surface area contributed by atoms with E-state index in [-0.39, 0.29) is 25.2 Å². The van der Waals surface area contributed by atoms with Crippen LogP contribution in [0, 0.1) is 5.92 Å². The summed E-state index contributed by atoms with van der Waals surface area (Å²) in [6.45, 7) is 3.74. The van der Waals surface area contributed by atoms with Crippen molar-refractivity contribution in [2.45, 2.75) is 70.1 Å². The molecule has 0 aliphatic rings. The van der Waals surface area contributed by atoms with E-state index in [4.69, 9.17) is 11.5 Å². The highest BCUT2D eigenvalue weighted by Gasteiger charge is 2.31. The van der Waals surface area contributed by atoms with Gasteiger partial charge in [-0.2, -0.15) is 0 Å². The van der Waals surface area contributed by atoms with E-state index in [0.717, 1.165) is 0 Å². The number of aliphatic carboxylic acids is 1. The molecular formula is C23H37N9O5. The Bertz CT molecular complexity index is 994. The maximum Gasteiger partial charge on any atom is 0.326 e. The van der Waals surface area contributed by atoms with Crippen molar-refractivity contribution in [1.29, 1.82) is 0 Å². The molecule has 14 heteroatoms. The molecule has 0 radical (unpaired) electrons. The molecule has 0 aromatic carbocycles. The summed E-state index contributed by atoms with van der Waals surface area (Å²) >= 11 is 0. The van der Waals surface area contributed by atoms with Crippen LogP contribution in [0.1, 0.15) is 44.5 Å². The number of aromatic amines is 2. The minimum Gasteiger partial charge on any atom is -0.480 e. The number of carboxylic acids is 1. The van der Waals surface area contributed by atoms with Crippen molar-refractivity contribution >= 4 is 23.7 Å². The molecule has 204 valence electrons. The van der Waals surface area contributed by atoms with Gasteiger partial charge in [-0.1, -0.05) is 13.8 Å². The number of carbonyl (C=O) groups excluding carboxylic acids is 3. The summed E-state index contributed by atoms with van der Waals surface area (Å²) in [6.07, 6.45) is 7.64. The molecule has 37 heavy (non-hydrogen) atoms. The van der Waals surface area contributed by atoms with Crippen molar-refractivity contribution in [2.24, 2.45) is 17.4 Å². The van der Waals surface area contributed by atoms with Gasteiger partial charge in [-0.05, 0) is 31.7 Å². The first-order valence-electron chi connectivity index (χ1n) is 12.2. The highest BCUT2D eigenvalue weighted by atomic mass is 16.4. The van der Waals surface area contributed by atoms with E-state index < -0.39 is 47.9 Å². The van der Waals surface area contributed by atoms with Crippen LogP contribution in [0.15, 0.2) is 25.0 Å². The van der Waals surface area contributed by atoms with E-state index >= 15 is 0 Å². The third kappa shape index (κ3) is 9.65. The summed E-state index contributed by atoms with van der Waals surface area (Å²) in [5.41, 5.74) is 12.8. The van der Waals surface area contributed by atoms with Crippen LogP contribution >= 0.6 is 0 Å². The molecule has 3 amide bonds. The van der Waals surface area contributed by atoms with E-state index in [1.54, 1.807) is 20.0 Å². The highest BCUT2D eigenvalue weighted by Crippen LogP contribution is 2.08. The van der Waals surface area contributed by atoms with Crippen LogP contribution in [-0.4, -0.2) is 79.4 Å². The van der Waals surface area contributed by atoms with Gasteiger partial charge in [0.25, 0.3) is 0 Å². The number of imidazole rings is 2. The monoisotopic (exact) mass is 519 g/mol. The number of nitrogens with two attached hydrogens (primary N) is 2. The fourth-order valence-corrected chi connectivity index (χ4v) is 3.63. The van der Waals surface area contributed by atoms with Crippen molar-refractivity contribution in [2.75, 3.05) is 6.54 Å². The molecular weight excluding hydrogens is 482 g/mol. The first-order chi connectivity index (χ1) is 17.6. The number of hydrogen-bond acceptors (Lipinski definition) is 8. The molecule has 4 unspecified atom stereocenters. The van der Waals surface area contributed by atoms with Crippen LogP contribution in [0.2, 0.25) is 0 Å². The van der Waals surface area contributed by atoms with Gasteiger partial charge in [0.15, 0.2) is 0 Å². The van der Waals surface area contributed by atoms with Crippen LogP contribution < -0.4 is 27.4 Å². The molecule has 2 aromatic rings. The lowest BCUT2D eigenvalue weighted by Crippen LogP contribution is -2.58. The van der Waals surface area contributed by atoms with Gasteiger partial charge in [0.05, 0.1) is 18.7 Å². The molecule has 0 aliphatic heterocycles.